The molecule has 31 heavy (non-hydrogen) atoms. The second-order valence-electron chi connectivity index (χ2n) is 6.79. The predicted octanol–water partition coefficient (Wildman–Crippen LogP) is 4.37. The molecule has 0 fully saturated rings. The van der Waals surface area contributed by atoms with E-state index in [0.717, 1.165) is 4.47 Å². The maximum atomic E-state index is 12.5. The largest absolute Gasteiger partial charge is 0.459 e. The molecule has 0 aliphatic rings. The molecule has 0 aliphatic carbocycles. The van der Waals surface area contributed by atoms with Crippen molar-refractivity contribution < 1.29 is 22.4 Å². The van der Waals surface area contributed by atoms with Crippen LogP contribution in [0.3, 0.4) is 0 Å². The van der Waals surface area contributed by atoms with Crippen LogP contribution in [0.5, 0.6) is 0 Å². The third-order valence-electron chi connectivity index (χ3n) is 4.00. The fraction of sp³-hybridized carbons (Fsp3) is 0.143. The maximum absolute atomic E-state index is 12.5. The van der Waals surface area contributed by atoms with Crippen LogP contribution in [-0.4, -0.2) is 26.7 Å². The summed E-state index contributed by atoms with van der Waals surface area (Å²) >= 11 is 3.37. The van der Waals surface area contributed by atoms with Gasteiger partial charge in [0.25, 0.3) is 0 Å². The Morgan fingerprint density at radius 3 is 2.52 bits per heavy atom. The average molecular weight is 506 g/mol. The number of nitrogens with one attached hydrogen (secondary N) is 1. The molecule has 0 unspecified atom stereocenters. The first-order valence-corrected chi connectivity index (χ1v) is 11.5. The van der Waals surface area contributed by atoms with Crippen molar-refractivity contribution in [2.75, 3.05) is 5.43 Å². The molecule has 10 heteroatoms. The summed E-state index contributed by atoms with van der Waals surface area (Å²) in [5.74, 6) is 0.499. The summed E-state index contributed by atoms with van der Waals surface area (Å²) in [6.45, 7) is 3.57. The molecule has 2 aromatic carbocycles. The average Bonchev–Trinajstić information content (AvgIpc) is 3.16. The Morgan fingerprint density at radius 1 is 1.16 bits per heavy atom. The lowest BCUT2D eigenvalue weighted by atomic mass is 10.1. The summed E-state index contributed by atoms with van der Waals surface area (Å²) < 4.78 is 34.4. The van der Waals surface area contributed by atoms with Crippen molar-refractivity contribution in [3.63, 3.8) is 0 Å². The van der Waals surface area contributed by atoms with Crippen molar-refractivity contribution in [3.05, 3.63) is 70.4 Å². The molecule has 3 rings (SSSR count). The number of hydrogen-bond acceptors (Lipinski definition) is 7. The number of hydrogen-bond donors (Lipinski definition) is 2. The number of carbonyl (C=O) groups excluding carboxylic acids is 1. The monoisotopic (exact) mass is 505 g/mol. The minimum atomic E-state index is -3.74. The summed E-state index contributed by atoms with van der Waals surface area (Å²) in [5.41, 5.74) is 4.32. The van der Waals surface area contributed by atoms with Crippen molar-refractivity contribution in [3.8, 4) is 11.3 Å². The van der Waals surface area contributed by atoms with E-state index in [0.29, 0.717) is 28.3 Å². The van der Waals surface area contributed by atoms with Crippen LogP contribution in [0.15, 0.2) is 73.5 Å². The molecule has 3 aromatic rings. The van der Waals surface area contributed by atoms with Crippen LogP contribution < -0.4 is 10.6 Å². The number of primary sulfonamides is 1. The summed E-state index contributed by atoms with van der Waals surface area (Å²) in [4.78, 5) is 12.5. The van der Waals surface area contributed by atoms with Gasteiger partial charge in [0.15, 0.2) is 0 Å². The number of nitrogens with two attached hydrogens (primary N) is 1. The molecule has 0 atom stereocenters. The van der Waals surface area contributed by atoms with Crippen LogP contribution in [0.1, 0.15) is 30.0 Å². The van der Waals surface area contributed by atoms with Gasteiger partial charge in [0.1, 0.15) is 11.5 Å². The molecule has 0 saturated heterocycles. The summed E-state index contributed by atoms with van der Waals surface area (Å²) in [6, 6.07) is 14.5. The van der Waals surface area contributed by atoms with Gasteiger partial charge in [-0.25, -0.2) is 18.4 Å². The van der Waals surface area contributed by atoms with Crippen molar-refractivity contribution >= 4 is 43.8 Å². The summed E-state index contributed by atoms with van der Waals surface area (Å²) in [6.07, 6.45) is 1.21. The van der Waals surface area contributed by atoms with Gasteiger partial charge in [0, 0.05) is 10.0 Å². The molecule has 0 radical (unpaired) electrons. The number of esters is 1. The Kier molecular flexibility index (Phi) is 6.94. The SMILES string of the molecule is CC(C)OC(=O)c1cc(Br)ccc1-c1ccc(C=NNc2ccc(S(N)(=O)=O)cc2)o1. The van der Waals surface area contributed by atoms with Crippen LogP contribution in [0, 0.1) is 0 Å². The van der Waals surface area contributed by atoms with Crippen LogP contribution in [0.25, 0.3) is 11.3 Å². The fourth-order valence-corrected chi connectivity index (χ4v) is 3.51. The van der Waals surface area contributed by atoms with E-state index in [4.69, 9.17) is 14.3 Å². The Balaban J connectivity index is 1.75. The zero-order valence-corrected chi connectivity index (χ0v) is 19.1. The van der Waals surface area contributed by atoms with Gasteiger partial charge < -0.3 is 9.15 Å². The summed E-state index contributed by atoms with van der Waals surface area (Å²) in [5, 5.41) is 9.15. The molecule has 8 nitrogen and oxygen atoms in total. The lowest BCUT2D eigenvalue weighted by Gasteiger charge is -2.11. The van der Waals surface area contributed by atoms with Gasteiger partial charge in [0.2, 0.25) is 10.0 Å². The Hall–Kier alpha value is -2.95. The molecular formula is C21H20BrN3O5S. The van der Waals surface area contributed by atoms with Gasteiger partial charge in [0.05, 0.1) is 28.5 Å². The molecule has 0 amide bonds. The Bertz CT molecular complexity index is 1220. The van der Waals surface area contributed by atoms with Gasteiger partial charge in [-0.1, -0.05) is 15.9 Å². The minimum Gasteiger partial charge on any atom is -0.459 e. The van der Waals surface area contributed by atoms with Crippen LogP contribution in [0.4, 0.5) is 5.69 Å². The molecule has 0 saturated carbocycles. The third kappa shape index (κ3) is 6.03. The Morgan fingerprint density at radius 2 is 1.87 bits per heavy atom. The number of rotatable bonds is 7. The number of sulfonamides is 1. The molecule has 1 aromatic heterocycles. The first-order chi connectivity index (χ1) is 14.6. The lowest BCUT2D eigenvalue weighted by Crippen LogP contribution is -2.12. The molecule has 0 bridgehead atoms. The van der Waals surface area contributed by atoms with E-state index in [1.807, 2.05) is 6.07 Å². The van der Waals surface area contributed by atoms with Crippen molar-refractivity contribution in [2.24, 2.45) is 10.2 Å². The molecular weight excluding hydrogens is 486 g/mol. The molecule has 1 heterocycles. The Labute approximate surface area is 188 Å². The zero-order chi connectivity index (χ0) is 22.6. The number of hydrazone groups is 1. The number of anilines is 1. The van der Waals surface area contributed by atoms with E-state index in [-0.39, 0.29) is 11.0 Å². The smallest absolute Gasteiger partial charge is 0.339 e. The molecule has 3 N–H and O–H groups in total. The lowest BCUT2D eigenvalue weighted by molar-refractivity contribution is 0.0378. The normalized spacial score (nSPS) is 11.8. The van der Waals surface area contributed by atoms with Crippen molar-refractivity contribution in [1.29, 1.82) is 0 Å². The van der Waals surface area contributed by atoms with Gasteiger partial charge in [-0.2, -0.15) is 5.10 Å². The highest BCUT2D eigenvalue weighted by atomic mass is 79.9. The van der Waals surface area contributed by atoms with Gasteiger partial charge in [-0.05, 0) is 68.4 Å². The summed E-state index contributed by atoms with van der Waals surface area (Å²) in [7, 11) is -3.74. The van der Waals surface area contributed by atoms with E-state index >= 15 is 0 Å². The van der Waals surface area contributed by atoms with Crippen LogP contribution >= 0.6 is 15.9 Å². The molecule has 0 spiro atoms. The number of halogens is 1. The minimum absolute atomic E-state index is 0.0130. The second-order valence-corrected chi connectivity index (χ2v) is 9.26. The standard InChI is InChI=1S/C21H20BrN3O5S/c1-13(2)29-21(26)19-11-14(22)3-9-18(19)20-10-6-16(30-20)12-24-25-15-4-7-17(8-5-15)31(23,27)28/h3-13,25H,1-2H3,(H2,23,27,28). The number of nitrogens with zero attached hydrogens (tertiary/aromatic N) is 1. The van der Waals surface area contributed by atoms with Gasteiger partial charge in [-0.3, -0.25) is 5.43 Å². The third-order valence-corrected chi connectivity index (χ3v) is 5.43. The highest BCUT2D eigenvalue weighted by Gasteiger charge is 2.18. The number of benzene rings is 2. The topological polar surface area (TPSA) is 124 Å². The predicted molar refractivity (Wildman–Crippen MR) is 121 cm³/mol. The van der Waals surface area contributed by atoms with Gasteiger partial charge >= 0.3 is 5.97 Å². The number of carbonyl (C=O) groups is 1. The van der Waals surface area contributed by atoms with E-state index in [2.05, 4.69) is 26.5 Å². The van der Waals surface area contributed by atoms with E-state index in [1.165, 1.54) is 18.3 Å². The van der Waals surface area contributed by atoms with E-state index in [9.17, 15) is 13.2 Å². The van der Waals surface area contributed by atoms with Crippen LogP contribution in [-0.2, 0) is 14.8 Å². The van der Waals surface area contributed by atoms with Gasteiger partial charge in [-0.15, -0.1) is 0 Å². The van der Waals surface area contributed by atoms with Crippen LogP contribution in [0.2, 0.25) is 0 Å². The highest BCUT2D eigenvalue weighted by molar-refractivity contribution is 9.10. The number of furan rings is 1. The van der Waals surface area contributed by atoms with E-state index in [1.54, 1.807) is 50.2 Å². The van der Waals surface area contributed by atoms with E-state index < -0.39 is 16.0 Å². The number of ether oxygens (including phenoxy) is 1. The maximum Gasteiger partial charge on any atom is 0.339 e. The first kappa shape index (κ1) is 22.7. The molecule has 162 valence electrons. The highest BCUT2D eigenvalue weighted by Crippen LogP contribution is 2.29. The zero-order valence-electron chi connectivity index (χ0n) is 16.7. The second kappa shape index (κ2) is 9.46. The fourth-order valence-electron chi connectivity index (χ4n) is 2.63. The quantitative estimate of drug-likeness (QED) is 0.279. The molecule has 0 aliphatic heterocycles. The first-order valence-electron chi connectivity index (χ1n) is 9.16. The van der Waals surface area contributed by atoms with Crippen molar-refractivity contribution in [2.45, 2.75) is 24.8 Å². The van der Waals surface area contributed by atoms with Crippen molar-refractivity contribution in [1.82, 2.24) is 0 Å².